The van der Waals surface area contributed by atoms with E-state index in [1.807, 2.05) is 6.20 Å². The lowest BCUT2D eigenvalue weighted by atomic mass is 9.68. The molecule has 3 rings (SSSR count). The summed E-state index contributed by atoms with van der Waals surface area (Å²) >= 11 is 0. The fourth-order valence-electron chi connectivity index (χ4n) is 5.30. The molecular weight excluding hydrogens is 290 g/mol. The Kier molecular flexibility index (Phi) is 6.75. The first-order chi connectivity index (χ1) is 11.7. The molecule has 1 heterocycles. The Morgan fingerprint density at radius 1 is 0.833 bits per heavy atom. The van der Waals surface area contributed by atoms with E-state index in [4.69, 9.17) is 0 Å². The van der Waals surface area contributed by atoms with E-state index < -0.39 is 0 Å². The summed E-state index contributed by atoms with van der Waals surface area (Å²) in [5, 5.41) is 0. The third-order valence-electron chi connectivity index (χ3n) is 6.93. The summed E-state index contributed by atoms with van der Waals surface area (Å²) in [6.07, 6.45) is 19.5. The van der Waals surface area contributed by atoms with Crippen LogP contribution in [0.3, 0.4) is 0 Å². The zero-order valence-electron chi connectivity index (χ0n) is 16.0. The van der Waals surface area contributed by atoms with Gasteiger partial charge < -0.3 is 0 Å². The molecule has 0 saturated heterocycles. The zero-order chi connectivity index (χ0) is 16.8. The minimum absolute atomic E-state index is 0.959. The van der Waals surface area contributed by atoms with Crippen molar-refractivity contribution in [1.82, 2.24) is 4.98 Å². The molecule has 24 heavy (non-hydrogen) atoms. The summed E-state index contributed by atoms with van der Waals surface area (Å²) in [5.41, 5.74) is 2.56. The predicted octanol–water partition coefficient (Wildman–Crippen LogP) is 6.74. The molecule has 2 saturated carbocycles. The van der Waals surface area contributed by atoms with Gasteiger partial charge in [0.1, 0.15) is 0 Å². The van der Waals surface area contributed by atoms with Gasteiger partial charge in [0.15, 0.2) is 0 Å². The average molecular weight is 328 g/mol. The van der Waals surface area contributed by atoms with Crippen molar-refractivity contribution in [2.75, 3.05) is 0 Å². The summed E-state index contributed by atoms with van der Waals surface area (Å²) < 4.78 is 0. The lowest BCUT2D eigenvalue weighted by molar-refractivity contribution is 0.141. The van der Waals surface area contributed by atoms with Gasteiger partial charge in [-0.05, 0) is 80.8 Å². The number of aryl methyl sites for hydroxylation is 2. The first kappa shape index (κ1) is 18.0. The van der Waals surface area contributed by atoms with E-state index in [1.54, 1.807) is 0 Å². The number of aromatic nitrogens is 1. The second-order valence-corrected chi connectivity index (χ2v) is 8.72. The molecule has 0 aromatic carbocycles. The van der Waals surface area contributed by atoms with Crippen molar-refractivity contribution in [2.24, 2.45) is 23.7 Å². The Morgan fingerprint density at radius 2 is 1.42 bits per heavy atom. The number of hydrogen-bond acceptors (Lipinski definition) is 1. The monoisotopic (exact) mass is 327 g/mol. The lowest BCUT2D eigenvalue weighted by Crippen LogP contribution is -2.26. The van der Waals surface area contributed by atoms with Gasteiger partial charge in [-0.2, -0.15) is 0 Å². The van der Waals surface area contributed by atoms with Crippen LogP contribution in [0.15, 0.2) is 18.3 Å². The van der Waals surface area contributed by atoms with Crippen LogP contribution in [-0.4, -0.2) is 4.98 Å². The van der Waals surface area contributed by atoms with Crippen LogP contribution in [0.1, 0.15) is 88.8 Å². The molecule has 0 N–H and O–H groups in total. The highest BCUT2D eigenvalue weighted by Gasteiger charge is 2.30. The average Bonchev–Trinajstić information content (AvgIpc) is 2.63. The highest BCUT2D eigenvalue weighted by Crippen LogP contribution is 2.42. The van der Waals surface area contributed by atoms with Crippen LogP contribution in [0.25, 0.3) is 0 Å². The fourth-order valence-corrected chi connectivity index (χ4v) is 5.30. The molecular formula is C23H37N. The van der Waals surface area contributed by atoms with Crippen molar-refractivity contribution in [2.45, 2.75) is 90.9 Å². The number of nitrogens with zero attached hydrogens (tertiary/aromatic N) is 1. The van der Waals surface area contributed by atoms with E-state index in [-0.39, 0.29) is 0 Å². The fraction of sp³-hybridized carbons (Fsp3) is 0.783. The van der Waals surface area contributed by atoms with Gasteiger partial charge in [-0.15, -0.1) is 0 Å². The molecule has 2 fully saturated rings. The quantitative estimate of drug-likeness (QED) is 0.564. The Morgan fingerprint density at radius 3 is 1.92 bits per heavy atom. The number of rotatable bonds is 6. The maximum Gasteiger partial charge on any atom is 0.0403 e. The molecule has 2 aliphatic rings. The topological polar surface area (TPSA) is 12.9 Å². The third kappa shape index (κ3) is 5.07. The zero-order valence-corrected chi connectivity index (χ0v) is 16.0. The van der Waals surface area contributed by atoms with Crippen molar-refractivity contribution in [1.29, 1.82) is 0 Å². The highest BCUT2D eigenvalue weighted by atomic mass is 14.7. The number of hydrogen-bond donors (Lipinski definition) is 0. The minimum atomic E-state index is 0.959. The summed E-state index contributed by atoms with van der Waals surface area (Å²) in [4.78, 5) is 4.57. The smallest absolute Gasteiger partial charge is 0.0403 e. The van der Waals surface area contributed by atoms with Crippen molar-refractivity contribution in [3.8, 4) is 0 Å². The van der Waals surface area contributed by atoms with Gasteiger partial charge in [-0.3, -0.25) is 4.98 Å². The molecule has 0 unspecified atom stereocenters. The van der Waals surface area contributed by atoms with Gasteiger partial charge in [-0.1, -0.05) is 51.5 Å². The number of pyridine rings is 1. The second-order valence-electron chi connectivity index (χ2n) is 8.72. The van der Waals surface area contributed by atoms with E-state index in [9.17, 15) is 0 Å². The third-order valence-corrected chi connectivity index (χ3v) is 6.93. The predicted molar refractivity (Wildman–Crippen MR) is 103 cm³/mol. The molecule has 1 nitrogen and oxygen atoms in total. The molecule has 0 atom stereocenters. The Balaban J connectivity index is 1.36. The molecule has 1 aromatic rings. The first-order valence-corrected chi connectivity index (χ1v) is 10.7. The van der Waals surface area contributed by atoms with Crippen molar-refractivity contribution < 1.29 is 0 Å². The van der Waals surface area contributed by atoms with E-state index in [0.29, 0.717) is 0 Å². The summed E-state index contributed by atoms with van der Waals surface area (Å²) in [7, 11) is 0. The van der Waals surface area contributed by atoms with Gasteiger partial charge in [0, 0.05) is 11.9 Å². The van der Waals surface area contributed by atoms with Gasteiger partial charge in [0.2, 0.25) is 0 Å². The highest BCUT2D eigenvalue weighted by molar-refractivity contribution is 5.12. The van der Waals surface area contributed by atoms with Gasteiger partial charge >= 0.3 is 0 Å². The van der Waals surface area contributed by atoms with E-state index in [0.717, 1.165) is 23.7 Å². The van der Waals surface area contributed by atoms with Crippen LogP contribution in [0.5, 0.6) is 0 Å². The molecule has 0 bridgehead atoms. The van der Waals surface area contributed by atoms with Gasteiger partial charge in [-0.25, -0.2) is 0 Å². The van der Waals surface area contributed by atoms with Gasteiger partial charge in [0.25, 0.3) is 0 Å². The molecule has 0 spiro atoms. The summed E-state index contributed by atoms with van der Waals surface area (Å²) in [6, 6.07) is 4.42. The maximum atomic E-state index is 4.57. The van der Waals surface area contributed by atoms with Crippen LogP contribution >= 0.6 is 0 Å². The summed E-state index contributed by atoms with van der Waals surface area (Å²) in [6.45, 7) is 4.47. The van der Waals surface area contributed by atoms with Crippen LogP contribution in [0.4, 0.5) is 0 Å². The standard InChI is InChI=1S/C23H37N/c1-3-4-19-6-11-21(12-7-19)22-13-8-20(9-14-22)10-16-23-15-5-18(2)17-24-23/h5,15,17,19-22H,3-4,6-14,16H2,1-2H3. The van der Waals surface area contributed by atoms with Crippen LogP contribution < -0.4 is 0 Å². The molecule has 2 aliphatic carbocycles. The largest absolute Gasteiger partial charge is 0.261 e. The Labute approximate surface area is 149 Å². The Bertz CT molecular complexity index is 461. The van der Waals surface area contributed by atoms with E-state index in [1.165, 1.54) is 88.3 Å². The van der Waals surface area contributed by atoms with Crippen molar-refractivity contribution >= 4 is 0 Å². The van der Waals surface area contributed by atoms with E-state index >= 15 is 0 Å². The minimum Gasteiger partial charge on any atom is -0.261 e. The van der Waals surface area contributed by atoms with Crippen molar-refractivity contribution in [3.05, 3.63) is 29.6 Å². The van der Waals surface area contributed by atoms with Crippen LogP contribution in [0, 0.1) is 30.6 Å². The van der Waals surface area contributed by atoms with Crippen LogP contribution in [-0.2, 0) is 6.42 Å². The lowest BCUT2D eigenvalue weighted by Gasteiger charge is -2.38. The molecule has 0 amide bonds. The SMILES string of the molecule is CCCC1CCC(C2CCC(CCc3ccc(C)cn3)CC2)CC1. The van der Waals surface area contributed by atoms with Crippen LogP contribution in [0.2, 0.25) is 0 Å². The molecule has 1 aromatic heterocycles. The molecule has 0 radical (unpaired) electrons. The van der Waals surface area contributed by atoms with E-state index in [2.05, 4.69) is 31.0 Å². The molecule has 1 heteroatoms. The second kappa shape index (κ2) is 9.02. The Hall–Kier alpha value is -0.850. The summed E-state index contributed by atoms with van der Waals surface area (Å²) in [5.74, 6) is 4.14. The van der Waals surface area contributed by atoms with Gasteiger partial charge in [0.05, 0.1) is 0 Å². The molecule has 0 aliphatic heterocycles. The molecule has 134 valence electrons. The maximum absolute atomic E-state index is 4.57. The van der Waals surface area contributed by atoms with Crippen molar-refractivity contribution in [3.63, 3.8) is 0 Å². The normalized spacial score (nSPS) is 31.1. The first-order valence-electron chi connectivity index (χ1n) is 10.7.